The number of carbonyl (C=O) groups excluding carboxylic acids is 1. The molecule has 0 amide bonds. The van der Waals surface area contributed by atoms with Crippen LogP contribution in [0.3, 0.4) is 0 Å². The molecule has 4 fully saturated rings. The molecule has 4 aliphatic rings. The van der Waals surface area contributed by atoms with Crippen molar-refractivity contribution in [1.29, 1.82) is 0 Å². The van der Waals surface area contributed by atoms with Crippen molar-refractivity contribution in [3.8, 4) is 0 Å². The predicted octanol–water partition coefficient (Wildman–Crippen LogP) is 5.86. The summed E-state index contributed by atoms with van der Waals surface area (Å²) in [5.41, 5.74) is 1.48. The maximum Gasteiger partial charge on any atom is 0.338 e. The van der Waals surface area contributed by atoms with E-state index in [0.29, 0.717) is 34.7 Å². The molecular weight excluding hydrogens is 372 g/mol. The molecule has 0 unspecified atom stereocenters. The SMILES string of the molecule is CC1(C)CCC[C@]2(C)[C@@H]1CC[C@@]13C[C@@H](C[C@H](OC(=O)c4ccccc4)[C@H]12)[C@@H](CO)C3. The molecule has 0 radical (unpaired) electrons. The van der Waals surface area contributed by atoms with Crippen LogP contribution in [0.15, 0.2) is 30.3 Å². The zero-order chi connectivity index (χ0) is 21.1. The first-order valence-corrected chi connectivity index (χ1v) is 12.2. The van der Waals surface area contributed by atoms with E-state index >= 15 is 0 Å². The van der Waals surface area contributed by atoms with Gasteiger partial charge in [0.2, 0.25) is 0 Å². The standard InChI is InChI=1S/C27H38O3/c1-25(2)11-7-12-26(3)22(25)10-13-27-15-19(20(16-27)17-28)14-21(23(26)27)30-24(29)18-8-5-4-6-9-18/h4-6,8-9,19-23,28H,7,10-17H2,1-3H3/t19-,20-,21+,22-,23+,26-,27+/m1/s1. The number of aliphatic hydroxyl groups is 1. The summed E-state index contributed by atoms with van der Waals surface area (Å²) in [6.45, 7) is 7.74. The first-order chi connectivity index (χ1) is 14.3. The molecule has 1 aromatic rings. The van der Waals surface area contributed by atoms with Gasteiger partial charge < -0.3 is 9.84 Å². The highest BCUT2D eigenvalue weighted by atomic mass is 16.5. The van der Waals surface area contributed by atoms with Crippen molar-refractivity contribution in [3.05, 3.63) is 35.9 Å². The molecule has 5 rings (SSSR count). The molecule has 0 heterocycles. The average molecular weight is 411 g/mol. The third kappa shape index (κ3) is 2.98. The first-order valence-electron chi connectivity index (χ1n) is 12.2. The second-order valence-electron chi connectivity index (χ2n) is 11.9. The van der Waals surface area contributed by atoms with Crippen LogP contribution in [0.4, 0.5) is 0 Å². The molecule has 3 nitrogen and oxygen atoms in total. The van der Waals surface area contributed by atoms with Crippen molar-refractivity contribution in [2.24, 2.45) is 39.9 Å². The fourth-order valence-electron chi connectivity index (χ4n) is 9.10. The van der Waals surface area contributed by atoms with Crippen molar-refractivity contribution in [1.82, 2.24) is 0 Å². The van der Waals surface area contributed by atoms with Crippen molar-refractivity contribution >= 4 is 5.97 Å². The molecule has 0 aliphatic heterocycles. The van der Waals surface area contributed by atoms with E-state index in [-0.39, 0.29) is 29.5 Å². The van der Waals surface area contributed by atoms with Gasteiger partial charge in [-0.2, -0.15) is 0 Å². The van der Waals surface area contributed by atoms with Gasteiger partial charge in [0.05, 0.1) is 5.56 Å². The molecule has 7 atom stereocenters. The van der Waals surface area contributed by atoms with E-state index in [4.69, 9.17) is 4.74 Å². The Bertz CT molecular complexity index is 802. The van der Waals surface area contributed by atoms with E-state index in [0.717, 1.165) is 12.8 Å². The fraction of sp³-hybridized carbons (Fsp3) is 0.741. The van der Waals surface area contributed by atoms with Gasteiger partial charge in [-0.3, -0.25) is 0 Å². The number of hydrogen-bond donors (Lipinski definition) is 1. The second-order valence-corrected chi connectivity index (χ2v) is 11.9. The largest absolute Gasteiger partial charge is 0.458 e. The van der Waals surface area contributed by atoms with Crippen molar-refractivity contribution < 1.29 is 14.6 Å². The molecule has 1 N–H and O–H groups in total. The van der Waals surface area contributed by atoms with Gasteiger partial charge in [-0.05, 0) is 91.1 Å². The lowest BCUT2D eigenvalue weighted by atomic mass is 9.40. The monoisotopic (exact) mass is 410 g/mol. The Hall–Kier alpha value is -1.35. The zero-order valence-electron chi connectivity index (χ0n) is 18.9. The topological polar surface area (TPSA) is 46.5 Å². The van der Waals surface area contributed by atoms with E-state index in [1.54, 1.807) is 0 Å². The lowest BCUT2D eigenvalue weighted by Crippen LogP contribution is -2.60. The van der Waals surface area contributed by atoms with E-state index in [1.165, 1.54) is 38.5 Å². The maximum absolute atomic E-state index is 13.1. The average Bonchev–Trinajstić information content (AvgIpc) is 2.98. The lowest BCUT2D eigenvalue weighted by molar-refractivity contribution is -0.185. The van der Waals surface area contributed by atoms with Gasteiger partial charge in [0.1, 0.15) is 6.10 Å². The summed E-state index contributed by atoms with van der Waals surface area (Å²) >= 11 is 0. The minimum atomic E-state index is -0.168. The van der Waals surface area contributed by atoms with Crippen molar-refractivity contribution in [2.75, 3.05) is 6.61 Å². The van der Waals surface area contributed by atoms with Gasteiger partial charge >= 0.3 is 5.97 Å². The Labute approximate surface area is 181 Å². The van der Waals surface area contributed by atoms with Crippen LogP contribution in [0, 0.1) is 39.9 Å². The third-order valence-electron chi connectivity index (χ3n) is 9.99. The molecular formula is C27H38O3. The molecule has 0 saturated heterocycles. The highest BCUT2D eigenvalue weighted by Gasteiger charge is 2.67. The van der Waals surface area contributed by atoms with Crippen LogP contribution in [0.1, 0.15) is 82.5 Å². The van der Waals surface area contributed by atoms with Crippen LogP contribution in [-0.4, -0.2) is 23.8 Å². The van der Waals surface area contributed by atoms with E-state index in [1.807, 2.05) is 30.3 Å². The molecule has 1 aromatic carbocycles. The number of fused-ring (bicyclic) bond motifs is 3. The highest BCUT2D eigenvalue weighted by molar-refractivity contribution is 5.89. The summed E-state index contributed by atoms with van der Waals surface area (Å²) in [5.74, 6) is 1.82. The van der Waals surface area contributed by atoms with Gasteiger partial charge in [0, 0.05) is 12.5 Å². The van der Waals surface area contributed by atoms with E-state index in [2.05, 4.69) is 20.8 Å². The number of carbonyl (C=O) groups is 1. The summed E-state index contributed by atoms with van der Waals surface area (Å²) in [7, 11) is 0. The summed E-state index contributed by atoms with van der Waals surface area (Å²) in [4.78, 5) is 13.1. The minimum absolute atomic E-state index is 0.0188. The number of esters is 1. The number of aliphatic hydroxyl groups excluding tert-OH is 1. The van der Waals surface area contributed by atoms with Crippen LogP contribution in [0.25, 0.3) is 0 Å². The van der Waals surface area contributed by atoms with Gasteiger partial charge in [0.15, 0.2) is 0 Å². The number of rotatable bonds is 3. The van der Waals surface area contributed by atoms with Gasteiger partial charge in [-0.15, -0.1) is 0 Å². The number of ether oxygens (including phenoxy) is 1. The summed E-state index contributed by atoms with van der Waals surface area (Å²) in [6, 6.07) is 9.48. The molecule has 164 valence electrons. The van der Waals surface area contributed by atoms with Gasteiger partial charge in [0.25, 0.3) is 0 Å². The van der Waals surface area contributed by atoms with Gasteiger partial charge in [-0.1, -0.05) is 45.4 Å². The predicted molar refractivity (Wildman–Crippen MR) is 118 cm³/mol. The van der Waals surface area contributed by atoms with Crippen LogP contribution in [-0.2, 0) is 4.74 Å². The zero-order valence-corrected chi connectivity index (χ0v) is 18.9. The molecule has 30 heavy (non-hydrogen) atoms. The second kappa shape index (κ2) is 7.08. The Kier molecular flexibility index (Phi) is 4.85. The Morgan fingerprint density at radius 2 is 1.87 bits per heavy atom. The maximum atomic E-state index is 13.1. The summed E-state index contributed by atoms with van der Waals surface area (Å²) in [5, 5.41) is 10.1. The molecule has 0 aromatic heterocycles. The Balaban J connectivity index is 1.52. The lowest BCUT2D eigenvalue weighted by Gasteiger charge is -2.65. The van der Waals surface area contributed by atoms with Crippen LogP contribution in [0.2, 0.25) is 0 Å². The van der Waals surface area contributed by atoms with Crippen molar-refractivity contribution in [3.63, 3.8) is 0 Å². The Morgan fingerprint density at radius 3 is 2.60 bits per heavy atom. The van der Waals surface area contributed by atoms with E-state index in [9.17, 15) is 9.90 Å². The summed E-state index contributed by atoms with van der Waals surface area (Å²) in [6.07, 6.45) is 9.64. The number of benzene rings is 1. The number of hydrogen-bond acceptors (Lipinski definition) is 3. The van der Waals surface area contributed by atoms with Crippen molar-refractivity contribution in [2.45, 2.75) is 78.2 Å². The minimum Gasteiger partial charge on any atom is -0.458 e. The summed E-state index contributed by atoms with van der Waals surface area (Å²) < 4.78 is 6.38. The molecule has 3 heteroatoms. The quantitative estimate of drug-likeness (QED) is 0.635. The highest BCUT2D eigenvalue weighted by Crippen LogP contribution is 2.72. The molecule has 4 aliphatic carbocycles. The molecule has 1 spiro atoms. The third-order valence-corrected chi connectivity index (χ3v) is 9.99. The first kappa shape index (κ1) is 20.5. The molecule has 2 bridgehead atoms. The molecule has 4 saturated carbocycles. The van der Waals surface area contributed by atoms with Crippen LogP contribution in [0.5, 0.6) is 0 Å². The fourth-order valence-corrected chi connectivity index (χ4v) is 9.10. The normalized spacial score (nSPS) is 44.1. The van der Waals surface area contributed by atoms with E-state index < -0.39 is 0 Å². The smallest absolute Gasteiger partial charge is 0.338 e. The van der Waals surface area contributed by atoms with Gasteiger partial charge in [-0.25, -0.2) is 4.79 Å². The Morgan fingerprint density at radius 1 is 1.10 bits per heavy atom. The van der Waals surface area contributed by atoms with Crippen LogP contribution >= 0.6 is 0 Å². The van der Waals surface area contributed by atoms with Crippen LogP contribution < -0.4 is 0 Å².